The molecule has 1 amide bonds. The Hall–Kier alpha value is -5.36. The number of pyridine rings is 1. The molecule has 5 aromatic rings. The number of halogens is 4. The van der Waals surface area contributed by atoms with E-state index < -0.39 is 46.9 Å². The summed E-state index contributed by atoms with van der Waals surface area (Å²) in [4.78, 5) is 35.4. The van der Waals surface area contributed by atoms with Gasteiger partial charge in [0, 0.05) is 80.8 Å². The van der Waals surface area contributed by atoms with Gasteiger partial charge in [-0.15, -0.1) is 0 Å². The van der Waals surface area contributed by atoms with Crippen molar-refractivity contribution in [1.29, 1.82) is 0 Å². The van der Waals surface area contributed by atoms with Crippen LogP contribution in [0.25, 0.3) is 32.9 Å². The minimum Gasteiger partial charge on any atom is -0.508 e. The second-order valence-corrected chi connectivity index (χ2v) is 21.1. The van der Waals surface area contributed by atoms with E-state index in [-0.39, 0.29) is 64.3 Å². The minimum absolute atomic E-state index is 0.0106. The van der Waals surface area contributed by atoms with Crippen molar-refractivity contribution >= 4 is 39.1 Å². The lowest BCUT2D eigenvalue weighted by Gasteiger charge is -2.45. The highest BCUT2D eigenvalue weighted by molar-refractivity contribution is 6.01. The third kappa shape index (κ3) is 9.63. The molecule has 17 heteroatoms. The molecule has 1 aliphatic carbocycles. The number of piperazine rings is 1. The zero-order valence-electron chi connectivity index (χ0n) is 39.6. The number of phenolic OH excluding ortho intramolecular Hbond substituents is 1. The summed E-state index contributed by atoms with van der Waals surface area (Å²) in [6.45, 7) is 13.6. The van der Waals surface area contributed by atoms with Crippen LogP contribution in [0.3, 0.4) is 0 Å². The second-order valence-electron chi connectivity index (χ2n) is 21.1. The molecule has 368 valence electrons. The van der Waals surface area contributed by atoms with Gasteiger partial charge in [0.15, 0.2) is 5.82 Å². The summed E-state index contributed by atoms with van der Waals surface area (Å²) in [5.74, 6) is -3.87. The number of carbonyl (C=O) groups is 1. The van der Waals surface area contributed by atoms with Gasteiger partial charge in [-0.1, -0.05) is 19.9 Å². The lowest BCUT2D eigenvalue weighted by atomic mass is 9.79. The van der Waals surface area contributed by atoms with Crippen LogP contribution >= 0.6 is 0 Å². The minimum atomic E-state index is -0.997. The van der Waals surface area contributed by atoms with Crippen molar-refractivity contribution in [2.45, 2.75) is 96.3 Å². The molecule has 4 saturated heterocycles. The molecule has 4 N–H and O–H groups in total. The third-order valence-corrected chi connectivity index (χ3v) is 15.6. The van der Waals surface area contributed by atoms with E-state index >= 15 is 17.6 Å². The van der Waals surface area contributed by atoms with Crippen molar-refractivity contribution in [2.24, 2.45) is 10.8 Å². The molecule has 69 heavy (non-hydrogen) atoms. The van der Waals surface area contributed by atoms with Gasteiger partial charge in [-0.05, 0) is 130 Å². The van der Waals surface area contributed by atoms with Crippen LogP contribution in [-0.4, -0.2) is 130 Å². The number of phenols is 1. The van der Waals surface area contributed by atoms with E-state index in [1.54, 1.807) is 13.0 Å². The standard InChI is InChI=1S/C52H62F4N8O5/c1-4-34-38(53)8-6-31-22-33(65)25-36(42(31)34)45-44(56)46-37(26-57-45)47(64-15-5-10-51(3,68)28-64)60-49(59-46)69-30-52(11-12-52)29-61-16-13-50(2,14-17-61)27-62-18-20-63(21-19-62)32-23-39(54)43(40(55)24-32)35-7-9-41(66)58-48(35)67/h6,8,22-26,35,41,65-66,68H,4-5,7,9-21,27-30H2,1-3H3,(H,58,67)/t35?,41?,51-/m1/s1. The van der Waals surface area contributed by atoms with Gasteiger partial charge in [0.05, 0.1) is 23.5 Å². The number of nitrogens with one attached hydrogen (secondary N) is 1. The summed E-state index contributed by atoms with van der Waals surface area (Å²) in [6, 6.07) is 8.54. The van der Waals surface area contributed by atoms with Crippen molar-refractivity contribution in [1.82, 2.24) is 30.1 Å². The Bertz CT molecular complexity index is 2750. The first kappa shape index (κ1) is 47.3. The normalized spacial score (nSPS) is 24.2. The number of nitrogens with zero attached hydrogens (tertiary/aromatic N) is 7. The molecule has 0 radical (unpaired) electrons. The largest absolute Gasteiger partial charge is 0.508 e. The summed E-state index contributed by atoms with van der Waals surface area (Å²) in [5.41, 5.74) is -0.201. The van der Waals surface area contributed by atoms with E-state index in [0.717, 1.165) is 65.0 Å². The molecule has 2 unspecified atom stereocenters. The van der Waals surface area contributed by atoms with Crippen LogP contribution in [0.15, 0.2) is 42.6 Å². The highest BCUT2D eigenvalue weighted by Gasteiger charge is 2.46. The monoisotopic (exact) mass is 954 g/mol. The van der Waals surface area contributed by atoms with Gasteiger partial charge in [-0.25, -0.2) is 17.6 Å². The molecule has 0 spiro atoms. The Morgan fingerprint density at radius 2 is 1.57 bits per heavy atom. The Morgan fingerprint density at radius 3 is 2.25 bits per heavy atom. The third-order valence-electron chi connectivity index (χ3n) is 15.6. The number of likely N-dealkylation sites (tertiary alicyclic amines) is 1. The van der Waals surface area contributed by atoms with E-state index in [1.165, 1.54) is 36.5 Å². The van der Waals surface area contributed by atoms with Crippen LogP contribution in [-0.2, 0) is 11.2 Å². The predicted octanol–water partition coefficient (Wildman–Crippen LogP) is 7.42. The molecule has 3 aromatic carbocycles. The fraction of sp³-hybridized carbons (Fsp3) is 0.538. The fourth-order valence-corrected chi connectivity index (χ4v) is 11.4. The zero-order valence-corrected chi connectivity index (χ0v) is 39.6. The second kappa shape index (κ2) is 18.4. The van der Waals surface area contributed by atoms with E-state index in [2.05, 4.69) is 32.0 Å². The number of amides is 1. The maximum Gasteiger partial charge on any atom is 0.319 e. The molecule has 13 nitrogen and oxygen atoms in total. The van der Waals surface area contributed by atoms with E-state index in [1.807, 2.05) is 16.7 Å². The first-order valence-electron chi connectivity index (χ1n) is 24.6. The molecule has 4 aliphatic heterocycles. The SMILES string of the molecule is CCc1c(F)ccc2cc(O)cc(-c3ncc4c(N5CCC[C@@](C)(O)C5)nc(OCC5(CN6CCC(C)(CN7CCN(c8cc(F)c(C9CCC(O)NC9=O)c(F)c8)CC7)CC6)CC5)nc4c3F)c12. The molecule has 5 aliphatic rings. The maximum atomic E-state index is 17.1. The van der Waals surface area contributed by atoms with Gasteiger partial charge in [0.2, 0.25) is 5.91 Å². The van der Waals surface area contributed by atoms with E-state index in [0.29, 0.717) is 78.7 Å². The average molecular weight is 955 g/mol. The highest BCUT2D eigenvalue weighted by Crippen LogP contribution is 2.48. The summed E-state index contributed by atoms with van der Waals surface area (Å²) in [5, 5.41) is 35.3. The molecule has 3 atom stereocenters. The molecular formula is C52H62F4N8O5. The first-order valence-corrected chi connectivity index (χ1v) is 24.6. The molecule has 2 aromatic heterocycles. The highest BCUT2D eigenvalue weighted by atomic mass is 19.1. The maximum absolute atomic E-state index is 17.1. The van der Waals surface area contributed by atoms with Crippen LogP contribution in [0.2, 0.25) is 0 Å². The van der Waals surface area contributed by atoms with Crippen molar-refractivity contribution in [3.8, 4) is 23.0 Å². The molecule has 1 saturated carbocycles. The number of rotatable bonds is 12. The summed E-state index contributed by atoms with van der Waals surface area (Å²) in [6.07, 6.45) is 6.58. The van der Waals surface area contributed by atoms with E-state index in [4.69, 9.17) is 9.72 Å². The quantitative estimate of drug-likeness (QED) is 0.0923. The summed E-state index contributed by atoms with van der Waals surface area (Å²) >= 11 is 0. The number of fused-ring (bicyclic) bond motifs is 2. The number of carbonyl (C=O) groups excluding carboxylic acids is 1. The van der Waals surface area contributed by atoms with Crippen LogP contribution in [0.1, 0.15) is 89.2 Å². The predicted molar refractivity (Wildman–Crippen MR) is 255 cm³/mol. The van der Waals surface area contributed by atoms with E-state index in [9.17, 15) is 20.1 Å². The smallest absolute Gasteiger partial charge is 0.319 e. The Balaban J connectivity index is 0.796. The number of aryl methyl sites for hydroxylation is 1. The van der Waals surface area contributed by atoms with Gasteiger partial charge in [0.25, 0.3) is 0 Å². The molecule has 10 rings (SSSR count). The van der Waals surface area contributed by atoms with Crippen LogP contribution in [0.5, 0.6) is 11.8 Å². The fourth-order valence-electron chi connectivity index (χ4n) is 11.4. The number of piperidine rings is 3. The van der Waals surface area contributed by atoms with Gasteiger partial charge >= 0.3 is 6.01 Å². The number of anilines is 2. The number of ether oxygens (including phenoxy) is 1. The number of aliphatic hydroxyl groups excluding tert-OH is 1. The van der Waals surface area contributed by atoms with Gasteiger partial charge in [0.1, 0.15) is 46.5 Å². The molecular weight excluding hydrogens is 893 g/mol. The van der Waals surface area contributed by atoms with Crippen LogP contribution in [0, 0.1) is 34.1 Å². The van der Waals surface area contributed by atoms with Gasteiger partial charge in [-0.3, -0.25) is 14.7 Å². The van der Waals surface area contributed by atoms with Crippen LogP contribution in [0.4, 0.5) is 29.1 Å². The lowest BCUT2D eigenvalue weighted by Crippen LogP contribution is -2.52. The van der Waals surface area contributed by atoms with Crippen LogP contribution < -0.4 is 19.9 Å². The van der Waals surface area contributed by atoms with Crippen molar-refractivity contribution in [3.05, 3.63) is 77.0 Å². The Labute approximate surface area is 399 Å². The number of aromatic hydroxyl groups is 1. The van der Waals surface area contributed by atoms with Crippen molar-refractivity contribution in [3.63, 3.8) is 0 Å². The Morgan fingerprint density at radius 1 is 0.841 bits per heavy atom. The molecule has 5 fully saturated rings. The van der Waals surface area contributed by atoms with Crippen molar-refractivity contribution < 1.29 is 42.4 Å². The zero-order chi connectivity index (χ0) is 48.4. The lowest BCUT2D eigenvalue weighted by molar-refractivity contribution is -0.128. The Kier molecular flexibility index (Phi) is 12.6. The molecule has 6 heterocycles. The number of aliphatic hydroxyl groups is 2. The number of aromatic nitrogens is 3. The number of β-amino-alcohol motifs (C(OH)–C–C–N with tert-alkyl or cyclic N) is 1. The number of hydrogen-bond donors (Lipinski definition) is 4. The molecule has 0 bridgehead atoms. The van der Waals surface area contributed by atoms with Gasteiger partial charge < -0.3 is 40.1 Å². The average Bonchev–Trinajstić information content (AvgIpc) is 4.08. The summed E-state index contributed by atoms with van der Waals surface area (Å²) in [7, 11) is 0. The topological polar surface area (TPSA) is 151 Å². The summed E-state index contributed by atoms with van der Waals surface area (Å²) < 4.78 is 69.4. The first-order chi connectivity index (χ1) is 33.0. The van der Waals surface area contributed by atoms with Gasteiger partial charge in [-0.2, -0.15) is 9.97 Å². The number of hydrogen-bond acceptors (Lipinski definition) is 12. The van der Waals surface area contributed by atoms with Crippen molar-refractivity contribution in [2.75, 3.05) is 81.9 Å². The number of benzene rings is 3.